The van der Waals surface area contributed by atoms with Gasteiger partial charge in [-0.3, -0.25) is 4.79 Å². The van der Waals surface area contributed by atoms with Crippen LogP contribution in [0.15, 0.2) is 71.3 Å². The van der Waals surface area contributed by atoms with Crippen molar-refractivity contribution < 1.29 is 9.21 Å². The van der Waals surface area contributed by atoms with Crippen LogP contribution in [0.25, 0.3) is 11.5 Å². The van der Waals surface area contributed by atoms with Gasteiger partial charge < -0.3 is 9.73 Å². The zero-order valence-corrected chi connectivity index (χ0v) is 11.3. The molecule has 0 aliphatic carbocycles. The normalized spacial score (nSPS) is 10.3. The van der Waals surface area contributed by atoms with Crippen molar-refractivity contribution in [3.8, 4) is 11.5 Å². The molecular weight excluding hydrogens is 264 g/mol. The molecule has 0 saturated carbocycles. The monoisotopic (exact) mass is 278 g/mol. The van der Waals surface area contributed by atoms with Gasteiger partial charge in [0.1, 0.15) is 0 Å². The smallest absolute Gasteiger partial charge is 0.288 e. The Labute approximate surface area is 122 Å². The lowest BCUT2D eigenvalue weighted by Crippen LogP contribution is -2.22. The van der Waals surface area contributed by atoms with Gasteiger partial charge in [0.05, 0.1) is 6.20 Å². The van der Waals surface area contributed by atoms with E-state index in [0.717, 1.165) is 11.1 Å². The van der Waals surface area contributed by atoms with Gasteiger partial charge in [-0.05, 0) is 17.7 Å². The van der Waals surface area contributed by atoms with E-state index >= 15 is 0 Å². The van der Waals surface area contributed by atoms with Gasteiger partial charge in [0.2, 0.25) is 11.7 Å². The molecule has 1 amide bonds. The summed E-state index contributed by atoms with van der Waals surface area (Å²) in [5.74, 6) is 0.388. The fourth-order valence-corrected chi connectivity index (χ4v) is 1.96. The van der Waals surface area contributed by atoms with Gasteiger partial charge in [-0.15, -0.1) is 0 Å². The number of aromatic nitrogens is 1. The molecule has 4 heteroatoms. The van der Waals surface area contributed by atoms with E-state index in [-0.39, 0.29) is 11.7 Å². The summed E-state index contributed by atoms with van der Waals surface area (Å²) in [5, 5.41) is 2.81. The number of carbonyl (C=O) groups excluding carboxylic acids is 1. The summed E-state index contributed by atoms with van der Waals surface area (Å²) < 4.78 is 5.50. The lowest BCUT2D eigenvalue weighted by Gasteiger charge is -2.02. The van der Waals surface area contributed by atoms with Gasteiger partial charge in [0, 0.05) is 12.1 Å². The second-order valence-electron chi connectivity index (χ2n) is 4.56. The van der Waals surface area contributed by atoms with E-state index in [2.05, 4.69) is 10.3 Å². The number of amides is 1. The summed E-state index contributed by atoms with van der Waals surface area (Å²) >= 11 is 0. The predicted octanol–water partition coefficient (Wildman–Crippen LogP) is 3.27. The van der Waals surface area contributed by atoms with Crippen molar-refractivity contribution in [2.45, 2.75) is 6.54 Å². The maximum Gasteiger partial charge on any atom is 0.288 e. The molecule has 2 aromatic carbocycles. The molecule has 0 atom stereocenters. The molecule has 0 aliphatic heterocycles. The minimum absolute atomic E-state index is 0.213. The fraction of sp³-hybridized carbons (Fsp3) is 0.0588. The van der Waals surface area contributed by atoms with E-state index < -0.39 is 0 Å². The summed E-state index contributed by atoms with van der Waals surface area (Å²) in [5.41, 5.74) is 1.88. The van der Waals surface area contributed by atoms with Gasteiger partial charge >= 0.3 is 0 Å². The van der Waals surface area contributed by atoms with E-state index in [1.165, 1.54) is 6.20 Å². The van der Waals surface area contributed by atoms with Crippen LogP contribution in [0.4, 0.5) is 0 Å². The van der Waals surface area contributed by atoms with Crippen molar-refractivity contribution in [3.63, 3.8) is 0 Å². The highest BCUT2D eigenvalue weighted by Gasteiger charge is 2.13. The third kappa shape index (κ3) is 3.17. The molecule has 0 spiro atoms. The Morgan fingerprint density at radius 2 is 1.67 bits per heavy atom. The Balaban J connectivity index is 1.67. The molecule has 1 aromatic heterocycles. The highest BCUT2D eigenvalue weighted by Crippen LogP contribution is 2.18. The van der Waals surface area contributed by atoms with Crippen molar-refractivity contribution in [2.24, 2.45) is 0 Å². The molecule has 0 saturated heterocycles. The Bertz CT molecular complexity index is 721. The number of hydrogen-bond donors (Lipinski definition) is 1. The maximum atomic E-state index is 12.0. The highest BCUT2D eigenvalue weighted by molar-refractivity contribution is 5.91. The molecule has 104 valence electrons. The minimum Gasteiger partial charge on any atom is -0.431 e. The second-order valence-corrected chi connectivity index (χ2v) is 4.56. The summed E-state index contributed by atoms with van der Waals surface area (Å²) in [7, 11) is 0. The van der Waals surface area contributed by atoms with Crippen LogP contribution in [0.3, 0.4) is 0 Å². The lowest BCUT2D eigenvalue weighted by molar-refractivity contribution is 0.0924. The Morgan fingerprint density at radius 1 is 1.00 bits per heavy atom. The van der Waals surface area contributed by atoms with Crippen LogP contribution in [0, 0.1) is 0 Å². The molecule has 0 aliphatic rings. The second kappa shape index (κ2) is 6.05. The van der Waals surface area contributed by atoms with Gasteiger partial charge in [-0.25, -0.2) is 4.98 Å². The van der Waals surface area contributed by atoms with Gasteiger partial charge in [0.25, 0.3) is 5.91 Å². The molecule has 3 rings (SSSR count). The van der Waals surface area contributed by atoms with E-state index in [9.17, 15) is 4.79 Å². The minimum atomic E-state index is -0.270. The average molecular weight is 278 g/mol. The standard InChI is InChI=1S/C17H14N2O2/c20-16(18-11-13-7-3-1-4-8-13)15-12-19-17(21-15)14-9-5-2-6-10-14/h1-10,12H,11H2,(H,18,20). The molecule has 1 N–H and O–H groups in total. The zero-order chi connectivity index (χ0) is 14.5. The molecule has 0 bridgehead atoms. The number of nitrogens with one attached hydrogen (secondary N) is 1. The third-order valence-electron chi connectivity index (χ3n) is 3.05. The van der Waals surface area contributed by atoms with Gasteiger partial charge in [-0.1, -0.05) is 48.5 Å². The van der Waals surface area contributed by atoms with Crippen LogP contribution >= 0.6 is 0 Å². The van der Waals surface area contributed by atoms with Crippen LogP contribution in [-0.2, 0) is 6.54 Å². The average Bonchev–Trinajstić information content (AvgIpc) is 3.04. The summed E-state index contributed by atoms with van der Waals surface area (Å²) in [6.45, 7) is 0.459. The molecule has 0 fully saturated rings. The van der Waals surface area contributed by atoms with E-state index in [0.29, 0.717) is 12.4 Å². The zero-order valence-electron chi connectivity index (χ0n) is 11.3. The quantitative estimate of drug-likeness (QED) is 0.797. The summed E-state index contributed by atoms with van der Waals surface area (Å²) in [4.78, 5) is 16.2. The number of oxazole rings is 1. The number of carbonyl (C=O) groups is 1. The maximum absolute atomic E-state index is 12.0. The first-order valence-corrected chi connectivity index (χ1v) is 6.66. The molecule has 4 nitrogen and oxygen atoms in total. The Hall–Kier alpha value is -2.88. The third-order valence-corrected chi connectivity index (χ3v) is 3.05. The molecule has 0 unspecified atom stereocenters. The van der Waals surface area contributed by atoms with Crippen molar-refractivity contribution in [1.82, 2.24) is 10.3 Å². The number of nitrogens with zero attached hydrogens (tertiary/aromatic N) is 1. The van der Waals surface area contributed by atoms with Crippen molar-refractivity contribution in [2.75, 3.05) is 0 Å². The Kier molecular flexibility index (Phi) is 3.78. The highest BCUT2D eigenvalue weighted by atomic mass is 16.4. The largest absolute Gasteiger partial charge is 0.431 e. The first kappa shape index (κ1) is 13.1. The van der Waals surface area contributed by atoms with Gasteiger partial charge in [-0.2, -0.15) is 0 Å². The van der Waals surface area contributed by atoms with E-state index in [4.69, 9.17) is 4.42 Å². The van der Waals surface area contributed by atoms with Crippen molar-refractivity contribution in [3.05, 3.63) is 78.2 Å². The first-order valence-electron chi connectivity index (χ1n) is 6.66. The van der Waals surface area contributed by atoms with Crippen LogP contribution in [-0.4, -0.2) is 10.9 Å². The number of hydrogen-bond acceptors (Lipinski definition) is 3. The van der Waals surface area contributed by atoms with E-state index in [1.54, 1.807) is 0 Å². The van der Waals surface area contributed by atoms with Gasteiger partial charge in [0.15, 0.2) is 0 Å². The van der Waals surface area contributed by atoms with Crippen molar-refractivity contribution >= 4 is 5.91 Å². The fourth-order valence-electron chi connectivity index (χ4n) is 1.96. The molecular formula is C17H14N2O2. The number of rotatable bonds is 4. The molecule has 21 heavy (non-hydrogen) atoms. The predicted molar refractivity (Wildman–Crippen MR) is 79.6 cm³/mol. The molecule has 0 radical (unpaired) electrons. The van der Waals surface area contributed by atoms with Crippen LogP contribution in [0.1, 0.15) is 16.1 Å². The summed E-state index contributed by atoms with van der Waals surface area (Å²) in [6.07, 6.45) is 1.45. The Morgan fingerprint density at radius 3 is 2.38 bits per heavy atom. The van der Waals surface area contributed by atoms with Crippen LogP contribution in [0.2, 0.25) is 0 Å². The molecule has 3 aromatic rings. The van der Waals surface area contributed by atoms with Crippen LogP contribution < -0.4 is 5.32 Å². The first-order chi connectivity index (χ1) is 10.3. The topological polar surface area (TPSA) is 55.1 Å². The van der Waals surface area contributed by atoms with Crippen molar-refractivity contribution in [1.29, 1.82) is 0 Å². The van der Waals surface area contributed by atoms with Crippen LogP contribution in [0.5, 0.6) is 0 Å². The number of benzene rings is 2. The van der Waals surface area contributed by atoms with E-state index in [1.807, 2.05) is 60.7 Å². The summed E-state index contributed by atoms with van der Waals surface area (Å²) in [6, 6.07) is 19.2. The lowest BCUT2D eigenvalue weighted by atomic mass is 10.2. The molecule has 1 heterocycles. The SMILES string of the molecule is O=C(NCc1ccccc1)c1cnc(-c2ccccc2)o1.